The summed E-state index contributed by atoms with van der Waals surface area (Å²) >= 11 is 0. The highest BCUT2D eigenvalue weighted by molar-refractivity contribution is 5.90. The highest BCUT2D eigenvalue weighted by Crippen LogP contribution is 2.12. The molecule has 1 aromatic carbocycles. The number of benzene rings is 1. The van der Waals surface area contributed by atoms with E-state index in [9.17, 15) is 4.79 Å². The first-order valence-electron chi connectivity index (χ1n) is 6.75. The van der Waals surface area contributed by atoms with Gasteiger partial charge in [0.1, 0.15) is 0 Å². The summed E-state index contributed by atoms with van der Waals surface area (Å²) in [4.78, 5) is 11.7. The van der Waals surface area contributed by atoms with E-state index in [4.69, 9.17) is 0 Å². The normalized spacial score (nSPS) is 12.2. The fourth-order valence-electron chi connectivity index (χ4n) is 1.65. The quantitative estimate of drug-likeness (QED) is 0.778. The molecule has 0 aromatic heterocycles. The van der Waals surface area contributed by atoms with Crippen LogP contribution in [0.1, 0.15) is 39.2 Å². The number of hydrogen-bond acceptors (Lipinski definition) is 2. The van der Waals surface area contributed by atoms with Gasteiger partial charge in [-0.3, -0.25) is 4.79 Å². The molecule has 0 fully saturated rings. The molecule has 0 aliphatic rings. The second kappa shape index (κ2) is 7.88. The van der Waals surface area contributed by atoms with Gasteiger partial charge in [0.2, 0.25) is 5.91 Å². The first kappa shape index (κ1) is 14.7. The molecular weight excluding hydrogens is 224 g/mol. The summed E-state index contributed by atoms with van der Waals surface area (Å²) in [6, 6.07) is 8.01. The highest BCUT2D eigenvalue weighted by Gasteiger charge is 2.07. The van der Waals surface area contributed by atoms with E-state index in [1.807, 2.05) is 24.3 Å². The van der Waals surface area contributed by atoms with Crippen LogP contribution in [0.4, 0.5) is 5.69 Å². The minimum atomic E-state index is 0.101. The van der Waals surface area contributed by atoms with Crippen LogP contribution in [0.15, 0.2) is 24.3 Å². The van der Waals surface area contributed by atoms with Gasteiger partial charge in [0, 0.05) is 18.7 Å². The van der Waals surface area contributed by atoms with Gasteiger partial charge in [0.05, 0.1) is 0 Å². The molecule has 0 saturated carbocycles. The molecule has 0 saturated heterocycles. The molecule has 0 heterocycles. The largest absolute Gasteiger partial charge is 0.326 e. The van der Waals surface area contributed by atoms with E-state index < -0.39 is 0 Å². The average Bonchev–Trinajstić information content (AvgIpc) is 2.37. The van der Waals surface area contributed by atoms with Crippen molar-refractivity contribution in [3.05, 3.63) is 29.8 Å². The minimum Gasteiger partial charge on any atom is -0.326 e. The molecule has 3 heteroatoms. The zero-order valence-corrected chi connectivity index (χ0v) is 11.6. The van der Waals surface area contributed by atoms with Crippen molar-refractivity contribution in [2.45, 2.75) is 40.2 Å². The molecule has 100 valence electrons. The van der Waals surface area contributed by atoms with Crippen LogP contribution in [0.2, 0.25) is 0 Å². The Morgan fingerprint density at radius 3 is 2.44 bits per heavy atom. The van der Waals surface area contributed by atoms with Crippen LogP contribution in [0.25, 0.3) is 0 Å². The molecule has 1 aromatic rings. The van der Waals surface area contributed by atoms with Gasteiger partial charge < -0.3 is 10.6 Å². The second-order valence-electron chi connectivity index (χ2n) is 4.74. The van der Waals surface area contributed by atoms with Crippen molar-refractivity contribution in [1.29, 1.82) is 0 Å². The maximum atomic E-state index is 11.7. The Kier molecular flexibility index (Phi) is 6.44. The van der Waals surface area contributed by atoms with Crippen LogP contribution in [0.3, 0.4) is 0 Å². The number of rotatable bonds is 7. The van der Waals surface area contributed by atoms with E-state index in [1.165, 1.54) is 5.56 Å². The van der Waals surface area contributed by atoms with E-state index in [-0.39, 0.29) is 5.91 Å². The summed E-state index contributed by atoms with van der Waals surface area (Å²) in [5.41, 5.74) is 2.11. The summed E-state index contributed by atoms with van der Waals surface area (Å²) in [7, 11) is 0. The lowest BCUT2D eigenvalue weighted by atomic mass is 10.0. The van der Waals surface area contributed by atoms with Crippen LogP contribution < -0.4 is 10.6 Å². The maximum absolute atomic E-state index is 11.7. The molecule has 0 bridgehead atoms. The summed E-state index contributed by atoms with van der Waals surface area (Å²) < 4.78 is 0. The van der Waals surface area contributed by atoms with Gasteiger partial charge >= 0.3 is 0 Å². The number of hydrogen-bond donors (Lipinski definition) is 2. The fourth-order valence-corrected chi connectivity index (χ4v) is 1.65. The predicted molar refractivity (Wildman–Crippen MR) is 76.5 cm³/mol. The third kappa shape index (κ3) is 5.32. The Bertz CT molecular complexity index is 359. The summed E-state index contributed by atoms with van der Waals surface area (Å²) in [6.45, 7) is 8.13. The zero-order valence-electron chi connectivity index (χ0n) is 11.6. The Morgan fingerprint density at radius 2 is 1.89 bits per heavy atom. The van der Waals surface area contributed by atoms with Crippen LogP contribution in [0.5, 0.6) is 0 Å². The van der Waals surface area contributed by atoms with Crippen LogP contribution in [-0.2, 0) is 11.3 Å². The molecule has 1 atom stereocenters. The molecule has 2 N–H and O–H groups in total. The van der Waals surface area contributed by atoms with E-state index >= 15 is 0 Å². The fraction of sp³-hybridized carbons (Fsp3) is 0.533. The first-order chi connectivity index (χ1) is 8.65. The predicted octanol–water partition coefficient (Wildman–Crippen LogP) is 3.17. The smallest absolute Gasteiger partial charge is 0.224 e. The van der Waals surface area contributed by atoms with Gasteiger partial charge in [0.15, 0.2) is 0 Å². The zero-order chi connectivity index (χ0) is 13.4. The molecule has 1 amide bonds. The van der Waals surface area contributed by atoms with Gasteiger partial charge in [-0.2, -0.15) is 0 Å². The number of amides is 1. The van der Waals surface area contributed by atoms with E-state index in [2.05, 4.69) is 31.4 Å². The van der Waals surface area contributed by atoms with Crippen molar-refractivity contribution in [2.24, 2.45) is 5.92 Å². The van der Waals surface area contributed by atoms with Crippen LogP contribution in [0, 0.1) is 5.92 Å². The second-order valence-corrected chi connectivity index (χ2v) is 4.74. The third-order valence-electron chi connectivity index (χ3n) is 3.05. The molecule has 0 aliphatic carbocycles. The summed E-state index contributed by atoms with van der Waals surface area (Å²) in [5, 5.41) is 6.20. The third-order valence-corrected chi connectivity index (χ3v) is 3.05. The molecule has 1 rings (SSSR count). The molecule has 0 aliphatic heterocycles. The van der Waals surface area contributed by atoms with Crippen molar-refractivity contribution >= 4 is 11.6 Å². The topological polar surface area (TPSA) is 41.1 Å². The monoisotopic (exact) mass is 248 g/mol. The van der Waals surface area contributed by atoms with E-state index in [0.29, 0.717) is 12.3 Å². The maximum Gasteiger partial charge on any atom is 0.224 e. The molecule has 1 unspecified atom stereocenters. The van der Waals surface area contributed by atoms with Crippen molar-refractivity contribution in [3.63, 3.8) is 0 Å². The summed E-state index contributed by atoms with van der Waals surface area (Å²) in [5.74, 6) is 0.543. The van der Waals surface area contributed by atoms with Crippen LogP contribution in [-0.4, -0.2) is 12.5 Å². The first-order valence-corrected chi connectivity index (χ1v) is 6.75. The Morgan fingerprint density at radius 1 is 1.22 bits per heavy atom. The van der Waals surface area contributed by atoms with Crippen molar-refractivity contribution < 1.29 is 4.79 Å². The van der Waals surface area contributed by atoms with Crippen molar-refractivity contribution in [3.8, 4) is 0 Å². The molecule has 3 nitrogen and oxygen atoms in total. The Hall–Kier alpha value is -1.35. The van der Waals surface area contributed by atoms with Crippen molar-refractivity contribution in [1.82, 2.24) is 5.32 Å². The van der Waals surface area contributed by atoms with Gasteiger partial charge in [-0.1, -0.05) is 39.3 Å². The SMILES string of the molecule is CCNCc1ccc(NC(=O)CC(C)CC)cc1. The standard InChI is InChI=1S/C15H24N2O/c1-4-12(3)10-15(18)17-14-8-6-13(7-9-14)11-16-5-2/h6-9,12,16H,4-5,10-11H2,1-3H3,(H,17,18). The number of carbonyl (C=O) groups is 1. The lowest BCUT2D eigenvalue weighted by Crippen LogP contribution is -2.15. The van der Waals surface area contributed by atoms with Gasteiger partial charge in [-0.05, 0) is 30.2 Å². The van der Waals surface area contributed by atoms with E-state index in [1.54, 1.807) is 0 Å². The Balaban J connectivity index is 2.45. The van der Waals surface area contributed by atoms with E-state index in [0.717, 1.165) is 25.2 Å². The minimum absolute atomic E-state index is 0.101. The number of anilines is 1. The van der Waals surface area contributed by atoms with Gasteiger partial charge in [-0.25, -0.2) is 0 Å². The Labute approximate surface area is 110 Å². The number of carbonyl (C=O) groups excluding carboxylic acids is 1. The average molecular weight is 248 g/mol. The molecular formula is C15H24N2O. The molecule has 0 spiro atoms. The highest BCUT2D eigenvalue weighted by atomic mass is 16.1. The number of nitrogens with one attached hydrogen (secondary N) is 2. The van der Waals surface area contributed by atoms with Gasteiger partial charge in [-0.15, -0.1) is 0 Å². The lowest BCUT2D eigenvalue weighted by molar-refractivity contribution is -0.117. The van der Waals surface area contributed by atoms with Crippen molar-refractivity contribution in [2.75, 3.05) is 11.9 Å². The van der Waals surface area contributed by atoms with Crippen LogP contribution >= 0.6 is 0 Å². The molecule has 18 heavy (non-hydrogen) atoms. The lowest BCUT2D eigenvalue weighted by Gasteiger charge is -2.10. The van der Waals surface area contributed by atoms with Gasteiger partial charge in [0.25, 0.3) is 0 Å². The molecule has 0 radical (unpaired) electrons. The summed E-state index contributed by atoms with van der Waals surface area (Å²) in [6.07, 6.45) is 1.63.